The van der Waals surface area contributed by atoms with E-state index in [1.807, 2.05) is 4.90 Å². The van der Waals surface area contributed by atoms with Crippen LogP contribution < -0.4 is 5.32 Å². The molecular formula is C15H25ClN2O2. The van der Waals surface area contributed by atoms with Crippen molar-refractivity contribution in [3.63, 3.8) is 0 Å². The highest BCUT2D eigenvalue weighted by atomic mass is 35.5. The van der Waals surface area contributed by atoms with Crippen LogP contribution in [-0.4, -0.2) is 41.7 Å². The van der Waals surface area contributed by atoms with E-state index >= 15 is 0 Å². The van der Waals surface area contributed by atoms with Gasteiger partial charge in [-0.2, -0.15) is 0 Å². The van der Waals surface area contributed by atoms with Gasteiger partial charge in [-0.15, -0.1) is 11.6 Å². The minimum absolute atomic E-state index is 0.136. The van der Waals surface area contributed by atoms with Gasteiger partial charge in [0, 0.05) is 37.4 Å². The maximum Gasteiger partial charge on any atom is 0.223 e. The van der Waals surface area contributed by atoms with Crippen molar-refractivity contribution in [3.8, 4) is 0 Å². The van der Waals surface area contributed by atoms with Gasteiger partial charge < -0.3 is 10.2 Å². The average Bonchev–Trinajstić information content (AvgIpc) is 2.49. The summed E-state index contributed by atoms with van der Waals surface area (Å²) in [6.45, 7) is 1.48. The van der Waals surface area contributed by atoms with Crippen LogP contribution in [0.25, 0.3) is 0 Å². The Balaban J connectivity index is 1.71. The lowest BCUT2D eigenvalue weighted by Gasteiger charge is -2.33. The molecule has 1 aliphatic heterocycles. The Labute approximate surface area is 126 Å². The number of hydrogen-bond acceptors (Lipinski definition) is 2. The first-order valence-corrected chi connectivity index (χ1v) is 8.38. The Morgan fingerprint density at radius 1 is 1.05 bits per heavy atom. The highest BCUT2D eigenvalue weighted by Gasteiger charge is 2.26. The van der Waals surface area contributed by atoms with Gasteiger partial charge in [0.15, 0.2) is 0 Å². The van der Waals surface area contributed by atoms with Crippen LogP contribution in [0.5, 0.6) is 0 Å². The molecule has 0 bridgehead atoms. The first-order chi connectivity index (χ1) is 9.70. The quantitative estimate of drug-likeness (QED) is 0.810. The number of amides is 2. The Morgan fingerprint density at radius 2 is 1.70 bits per heavy atom. The second-order valence-electron chi connectivity index (χ2n) is 5.94. The predicted octanol–water partition coefficient (Wildman–Crippen LogP) is 2.30. The lowest BCUT2D eigenvalue weighted by Crippen LogP contribution is -2.48. The summed E-state index contributed by atoms with van der Waals surface area (Å²) in [4.78, 5) is 25.8. The van der Waals surface area contributed by atoms with Crippen LogP contribution in [0.3, 0.4) is 0 Å². The van der Waals surface area contributed by atoms with Gasteiger partial charge >= 0.3 is 0 Å². The largest absolute Gasteiger partial charge is 0.353 e. The smallest absolute Gasteiger partial charge is 0.223 e. The first-order valence-electron chi connectivity index (χ1n) is 7.85. The van der Waals surface area contributed by atoms with E-state index in [4.69, 9.17) is 11.6 Å². The van der Waals surface area contributed by atoms with Crippen LogP contribution in [0.1, 0.15) is 51.4 Å². The molecule has 1 heterocycles. The Morgan fingerprint density at radius 3 is 2.30 bits per heavy atom. The van der Waals surface area contributed by atoms with Crippen LogP contribution in [0, 0.1) is 5.92 Å². The lowest BCUT2D eigenvalue weighted by atomic mass is 9.88. The lowest BCUT2D eigenvalue weighted by molar-refractivity contribution is -0.132. The van der Waals surface area contributed by atoms with Crippen LogP contribution in [0.2, 0.25) is 0 Å². The molecule has 0 atom stereocenters. The number of hydrogen-bond donors (Lipinski definition) is 1. The van der Waals surface area contributed by atoms with E-state index in [0.29, 0.717) is 12.3 Å². The van der Waals surface area contributed by atoms with Gasteiger partial charge in [0.2, 0.25) is 11.8 Å². The van der Waals surface area contributed by atoms with E-state index in [2.05, 4.69) is 5.32 Å². The minimum Gasteiger partial charge on any atom is -0.353 e. The van der Waals surface area contributed by atoms with Gasteiger partial charge in [0.25, 0.3) is 0 Å². The van der Waals surface area contributed by atoms with Crippen molar-refractivity contribution in [1.82, 2.24) is 10.2 Å². The monoisotopic (exact) mass is 300 g/mol. The molecule has 2 amide bonds. The van der Waals surface area contributed by atoms with Crippen molar-refractivity contribution in [1.29, 1.82) is 0 Å². The van der Waals surface area contributed by atoms with Crippen LogP contribution in [0.15, 0.2) is 0 Å². The van der Waals surface area contributed by atoms with Crippen molar-refractivity contribution in [2.75, 3.05) is 19.0 Å². The summed E-state index contributed by atoms with van der Waals surface area (Å²) in [5, 5.41) is 3.18. The molecule has 0 aromatic heterocycles. The van der Waals surface area contributed by atoms with Gasteiger partial charge in [0.1, 0.15) is 0 Å². The zero-order valence-electron chi connectivity index (χ0n) is 12.1. The number of piperidine rings is 1. The van der Waals surface area contributed by atoms with Gasteiger partial charge in [0.05, 0.1) is 0 Å². The predicted molar refractivity (Wildman–Crippen MR) is 79.7 cm³/mol. The second-order valence-corrected chi connectivity index (χ2v) is 6.32. The van der Waals surface area contributed by atoms with Crippen molar-refractivity contribution in [3.05, 3.63) is 0 Å². The molecule has 1 saturated carbocycles. The number of nitrogens with one attached hydrogen (secondary N) is 1. The maximum atomic E-state index is 12.2. The average molecular weight is 301 g/mol. The molecule has 0 unspecified atom stereocenters. The molecule has 0 radical (unpaired) electrons. The molecular weight excluding hydrogens is 276 g/mol. The molecule has 2 fully saturated rings. The van der Waals surface area contributed by atoms with Crippen molar-refractivity contribution < 1.29 is 9.59 Å². The molecule has 5 heteroatoms. The summed E-state index contributed by atoms with van der Waals surface area (Å²) in [5.74, 6) is 0.976. The zero-order valence-corrected chi connectivity index (χ0v) is 12.8. The van der Waals surface area contributed by atoms with Crippen molar-refractivity contribution in [2.45, 2.75) is 57.4 Å². The molecule has 20 heavy (non-hydrogen) atoms. The van der Waals surface area contributed by atoms with E-state index in [1.54, 1.807) is 0 Å². The number of carbonyl (C=O) groups excluding carboxylic acids is 2. The van der Waals surface area contributed by atoms with Gasteiger partial charge in [-0.3, -0.25) is 9.59 Å². The fourth-order valence-corrected chi connectivity index (χ4v) is 3.36. The maximum absolute atomic E-state index is 12.2. The second kappa shape index (κ2) is 7.87. The molecule has 1 aliphatic carbocycles. The van der Waals surface area contributed by atoms with E-state index in [9.17, 15) is 9.59 Å². The summed E-state index contributed by atoms with van der Waals surface area (Å²) in [6.07, 6.45) is 7.87. The minimum atomic E-state index is 0.136. The molecule has 0 spiro atoms. The third kappa shape index (κ3) is 4.37. The first kappa shape index (κ1) is 15.6. The van der Waals surface area contributed by atoms with E-state index in [0.717, 1.165) is 38.8 Å². The molecule has 114 valence electrons. The Hall–Kier alpha value is -0.770. The SMILES string of the molecule is O=C(NC1CCN(C(=O)CCCl)CC1)C1CCCCC1. The normalized spacial score (nSPS) is 21.8. The summed E-state index contributed by atoms with van der Waals surface area (Å²) in [7, 11) is 0. The molecule has 2 rings (SSSR count). The topological polar surface area (TPSA) is 49.4 Å². The van der Waals surface area contributed by atoms with Crippen molar-refractivity contribution in [2.24, 2.45) is 5.92 Å². The molecule has 1 N–H and O–H groups in total. The molecule has 4 nitrogen and oxygen atoms in total. The molecule has 0 aromatic rings. The fourth-order valence-electron chi connectivity index (χ4n) is 3.20. The third-order valence-corrected chi connectivity index (χ3v) is 4.67. The summed E-state index contributed by atoms with van der Waals surface area (Å²) < 4.78 is 0. The summed E-state index contributed by atoms with van der Waals surface area (Å²) in [6, 6.07) is 0.240. The molecule has 2 aliphatic rings. The number of carbonyl (C=O) groups is 2. The van der Waals surface area contributed by atoms with Crippen LogP contribution >= 0.6 is 11.6 Å². The highest BCUT2D eigenvalue weighted by molar-refractivity contribution is 6.18. The highest BCUT2D eigenvalue weighted by Crippen LogP contribution is 2.24. The molecule has 0 aromatic carbocycles. The van der Waals surface area contributed by atoms with Crippen LogP contribution in [-0.2, 0) is 9.59 Å². The van der Waals surface area contributed by atoms with E-state index in [-0.39, 0.29) is 23.8 Å². The summed E-state index contributed by atoms with van der Waals surface area (Å²) >= 11 is 5.59. The number of alkyl halides is 1. The third-order valence-electron chi connectivity index (χ3n) is 4.48. The molecule has 1 saturated heterocycles. The number of halogens is 1. The van der Waals surface area contributed by atoms with Gasteiger partial charge in [-0.25, -0.2) is 0 Å². The van der Waals surface area contributed by atoms with Gasteiger partial charge in [-0.1, -0.05) is 19.3 Å². The number of rotatable bonds is 4. The number of likely N-dealkylation sites (tertiary alicyclic amines) is 1. The number of nitrogens with zero attached hydrogens (tertiary/aromatic N) is 1. The van der Waals surface area contributed by atoms with E-state index < -0.39 is 0 Å². The fraction of sp³-hybridized carbons (Fsp3) is 0.867. The van der Waals surface area contributed by atoms with Crippen molar-refractivity contribution >= 4 is 23.4 Å². The standard InChI is InChI=1S/C15H25ClN2O2/c16-9-6-14(19)18-10-7-13(8-11-18)17-15(20)12-4-2-1-3-5-12/h12-13H,1-11H2,(H,17,20). The zero-order chi connectivity index (χ0) is 14.4. The van der Waals surface area contributed by atoms with Crippen LogP contribution in [0.4, 0.5) is 0 Å². The summed E-state index contributed by atoms with van der Waals surface area (Å²) in [5.41, 5.74) is 0. The Bertz CT molecular complexity index is 335. The van der Waals surface area contributed by atoms with E-state index in [1.165, 1.54) is 19.3 Å². The van der Waals surface area contributed by atoms with Gasteiger partial charge in [-0.05, 0) is 25.7 Å². The Kier molecular flexibility index (Phi) is 6.14.